The summed E-state index contributed by atoms with van der Waals surface area (Å²) in [5.41, 5.74) is 1.73. The molecule has 0 bridgehead atoms. The second kappa shape index (κ2) is 8.32. The maximum Gasteiger partial charge on any atom is 0.224 e. The van der Waals surface area contributed by atoms with Crippen LogP contribution in [0.15, 0.2) is 53.7 Å². The first kappa shape index (κ1) is 18.4. The Labute approximate surface area is 153 Å². The SMILES string of the molecule is C=CCN1CC(C(=O)NCc2ccco2)CC(c2ccc(F)c(C)c2)C1. The zero-order valence-electron chi connectivity index (χ0n) is 15.1. The topological polar surface area (TPSA) is 45.5 Å². The van der Waals surface area contributed by atoms with Crippen LogP contribution in [-0.2, 0) is 11.3 Å². The lowest BCUT2D eigenvalue weighted by atomic mass is 9.83. The molecule has 2 atom stereocenters. The fraction of sp³-hybridized carbons (Fsp3) is 0.381. The molecule has 2 heterocycles. The van der Waals surface area contributed by atoms with Gasteiger partial charge in [0.2, 0.25) is 5.91 Å². The van der Waals surface area contributed by atoms with Crippen molar-refractivity contribution in [2.45, 2.75) is 25.8 Å². The smallest absolute Gasteiger partial charge is 0.224 e. The molecule has 4 nitrogen and oxygen atoms in total. The minimum absolute atomic E-state index is 0.0268. The van der Waals surface area contributed by atoms with Gasteiger partial charge in [-0.15, -0.1) is 6.58 Å². The van der Waals surface area contributed by atoms with Crippen molar-refractivity contribution < 1.29 is 13.6 Å². The lowest BCUT2D eigenvalue weighted by Crippen LogP contribution is -2.45. The van der Waals surface area contributed by atoms with Gasteiger partial charge in [-0.2, -0.15) is 0 Å². The molecule has 2 unspecified atom stereocenters. The fourth-order valence-corrected chi connectivity index (χ4v) is 3.61. The number of carbonyl (C=O) groups is 1. The third-order valence-electron chi connectivity index (χ3n) is 4.95. The predicted molar refractivity (Wildman–Crippen MR) is 99.2 cm³/mol. The van der Waals surface area contributed by atoms with Crippen molar-refractivity contribution in [1.29, 1.82) is 0 Å². The van der Waals surface area contributed by atoms with Gasteiger partial charge >= 0.3 is 0 Å². The number of hydrogen-bond donors (Lipinski definition) is 1. The second-order valence-corrected chi connectivity index (χ2v) is 6.94. The summed E-state index contributed by atoms with van der Waals surface area (Å²) in [5, 5.41) is 2.96. The highest BCUT2D eigenvalue weighted by molar-refractivity contribution is 5.79. The largest absolute Gasteiger partial charge is 0.467 e. The molecule has 5 heteroatoms. The summed E-state index contributed by atoms with van der Waals surface area (Å²) in [6.45, 7) is 8.26. The molecule has 1 N–H and O–H groups in total. The molecule has 0 saturated carbocycles. The maximum absolute atomic E-state index is 13.6. The normalized spacial score (nSPS) is 20.7. The molecular formula is C21H25FN2O2. The van der Waals surface area contributed by atoms with E-state index in [0.29, 0.717) is 18.7 Å². The Kier molecular flexibility index (Phi) is 5.89. The van der Waals surface area contributed by atoms with Gasteiger partial charge in [-0.3, -0.25) is 9.69 Å². The maximum atomic E-state index is 13.6. The van der Waals surface area contributed by atoms with Crippen LogP contribution >= 0.6 is 0 Å². The Morgan fingerprint density at radius 2 is 2.27 bits per heavy atom. The molecule has 3 rings (SSSR count). The monoisotopic (exact) mass is 356 g/mol. The number of benzene rings is 1. The summed E-state index contributed by atoms with van der Waals surface area (Å²) < 4.78 is 18.9. The molecule has 0 aliphatic carbocycles. The van der Waals surface area contributed by atoms with Crippen molar-refractivity contribution in [3.05, 3.63) is 72.0 Å². The Morgan fingerprint density at radius 3 is 2.96 bits per heavy atom. The minimum Gasteiger partial charge on any atom is -0.467 e. The average Bonchev–Trinajstić information content (AvgIpc) is 3.15. The standard InChI is InChI=1S/C21H25FN2O2/c1-3-8-24-13-17(16-6-7-20(22)15(2)10-16)11-18(14-24)21(25)23-12-19-5-4-9-26-19/h3-7,9-10,17-18H,1,8,11-14H2,2H3,(H,23,25). The highest BCUT2D eigenvalue weighted by Crippen LogP contribution is 2.31. The van der Waals surface area contributed by atoms with Crippen LogP contribution in [0.1, 0.15) is 29.2 Å². The highest BCUT2D eigenvalue weighted by atomic mass is 19.1. The van der Waals surface area contributed by atoms with Crippen LogP contribution in [0.25, 0.3) is 0 Å². The lowest BCUT2D eigenvalue weighted by Gasteiger charge is -2.37. The molecule has 0 radical (unpaired) electrons. The third kappa shape index (κ3) is 4.41. The Balaban J connectivity index is 1.71. The van der Waals surface area contributed by atoms with Crippen LogP contribution < -0.4 is 5.32 Å². The van der Waals surface area contributed by atoms with Gasteiger partial charge in [0.25, 0.3) is 0 Å². The Hall–Kier alpha value is -2.40. The zero-order valence-corrected chi connectivity index (χ0v) is 15.1. The van der Waals surface area contributed by atoms with E-state index in [1.807, 2.05) is 24.3 Å². The van der Waals surface area contributed by atoms with Crippen LogP contribution in [-0.4, -0.2) is 30.4 Å². The molecule has 1 saturated heterocycles. The molecule has 138 valence electrons. The summed E-state index contributed by atoms with van der Waals surface area (Å²) in [4.78, 5) is 14.9. The molecule has 1 aromatic carbocycles. The zero-order chi connectivity index (χ0) is 18.5. The fourth-order valence-electron chi connectivity index (χ4n) is 3.61. The molecule has 1 aliphatic rings. The number of furan rings is 1. The number of piperidine rings is 1. The van der Waals surface area contributed by atoms with E-state index in [4.69, 9.17) is 4.42 Å². The van der Waals surface area contributed by atoms with Gasteiger partial charge in [0.15, 0.2) is 0 Å². The summed E-state index contributed by atoms with van der Waals surface area (Å²) in [6.07, 6.45) is 4.21. The molecule has 1 fully saturated rings. The number of halogens is 1. The Morgan fingerprint density at radius 1 is 1.42 bits per heavy atom. The summed E-state index contributed by atoms with van der Waals surface area (Å²) in [6, 6.07) is 8.90. The van der Waals surface area contributed by atoms with Gasteiger partial charge in [-0.1, -0.05) is 18.2 Å². The quantitative estimate of drug-likeness (QED) is 0.804. The van der Waals surface area contributed by atoms with E-state index in [2.05, 4.69) is 16.8 Å². The van der Waals surface area contributed by atoms with Gasteiger partial charge in [0.05, 0.1) is 18.7 Å². The van der Waals surface area contributed by atoms with Crippen molar-refractivity contribution in [1.82, 2.24) is 10.2 Å². The summed E-state index contributed by atoms with van der Waals surface area (Å²) in [7, 11) is 0. The van der Waals surface area contributed by atoms with Crippen molar-refractivity contribution >= 4 is 5.91 Å². The number of amides is 1. The molecular weight excluding hydrogens is 331 g/mol. The first-order valence-corrected chi connectivity index (χ1v) is 8.96. The van der Waals surface area contributed by atoms with E-state index in [1.165, 1.54) is 6.07 Å². The summed E-state index contributed by atoms with van der Waals surface area (Å²) in [5.74, 6) is 0.651. The number of nitrogens with one attached hydrogen (secondary N) is 1. The van der Waals surface area contributed by atoms with Crippen LogP contribution in [0.3, 0.4) is 0 Å². The van der Waals surface area contributed by atoms with Gasteiger partial charge < -0.3 is 9.73 Å². The molecule has 1 amide bonds. The van der Waals surface area contributed by atoms with Gasteiger partial charge in [0.1, 0.15) is 11.6 Å². The van der Waals surface area contributed by atoms with Crippen LogP contribution in [0.4, 0.5) is 4.39 Å². The molecule has 1 aromatic heterocycles. The van der Waals surface area contributed by atoms with Gasteiger partial charge in [0, 0.05) is 19.6 Å². The van der Waals surface area contributed by atoms with Crippen molar-refractivity contribution in [2.24, 2.45) is 5.92 Å². The number of hydrogen-bond acceptors (Lipinski definition) is 3. The molecule has 1 aliphatic heterocycles. The molecule has 26 heavy (non-hydrogen) atoms. The summed E-state index contributed by atoms with van der Waals surface area (Å²) >= 11 is 0. The number of carbonyl (C=O) groups excluding carboxylic acids is 1. The van der Waals surface area contributed by atoms with E-state index in [-0.39, 0.29) is 23.6 Å². The molecule has 0 spiro atoms. The predicted octanol–water partition coefficient (Wildman–Crippen LogP) is 3.64. The number of likely N-dealkylation sites (tertiary alicyclic amines) is 1. The third-order valence-corrected chi connectivity index (χ3v) is 4.95. The van der Waals surface area contributed by atoms with Crippen LogP contribution in [0.5, 0.6) is 0 Å². The average molecular weight is 356 g/mol. The van der Waals surface area contributed by atoms with E-state index < -0.39 is 0 Å². The lowest BCUT2D eigenvalue weighted by molar-refractivity contribution is -0.127. The Bertz CT molecular complexity index is 757. The highest BCUT2D eigenvalue weighted by Gasteiger charge is 2.32. The van der Waals surface area contributed by atoms with E-state index >= 15 is 0 Å². The van der Waals surface area contributed by atoms with E-state index in [0.717, 1.165) is 30.8 Å². The first-order valence-electron chi connectivity index (χ1n) is 8.96. The minimum atomic E-state index is -0.194. The second-order valence-electron chi connectivity index (χ2n) is 6.94. The van der Waals surface area contributed by atoms with Crippen molar-refractivity contribution in [2.75, 3.05) is 19.6 Å². The van der Waals surface area contributed by atoms with Gasteiger partial charge in [-0.05, 0) is 48.6 Å². The molecule has 2 aromatic rings. The van der Waals surface area contributed by atoms with Crippen molar-refractivity contribution in [3.8, 4) is 0 Å². The number of nitrogens with zero attached hydrogens (tertiary/aromatic N) is 1. The van der Waals surface area contributed by atoms with E-state index in [9.17, 15) is 9.18 Å². The van der Waals surface area contributed by atoms with Crippen LogP contribution in [0.2, 0.25) is 0 Å². The van der Waals surface area contributed by atoms with E-state index in [1.54, 1.807) is 19.3 Å². The van der Waals surface area contributed by atoms with Gasteiger partial charge in [-0.25, -0.2) is 4.39 Å². The van der Waals surface area contributed by atoms with Crippen molar-refractivity contribution in [3.63, 3.8) is 0 Å². The number of aryl methyl sites for hydroxylation is 1. The first-order chi connectivity index (χ1) is 12.6. The van der Waals surface area contributed by atoms with Crippen LogP contribution in [0, 0.1) is 18.7 Å². The number of rotatable bonds is 6.